The third kappa shape index (κ3) is 6.44. The summed E-state index contributed by atoms with van der Waals surface area (Å²) in [7, 11) is 0. The molecule has 4 heteroatoms. The molecule has 0 unspecified atom stereocenters. The standard InChI is InChI=1S/C15H20BrClO2/c1-2-3-4-5-6-7-10-19-14-9-8-12(15(17)18)11-13(14)16/h8-9,11H,2-7,10H2,1H3. The molecule has 106 valence electrons. The zero-order chi connectivity index (χ0) is 14.1. The maximum absolute atomic E-state index is 11.0. The maximum Gasteiger partial charge on any atom is 0.252 e. The molecule has 0 aliphatic heterocycles. The van der Waals surface area contributed by atoms with Gasteiger partial charge in [-0.25, -0.2) is 0 Å². The minimum atomic E-state index is -0.455. The van der Waals surface area contributed by atoms with E-state index in [2.05, 4.69) is 22.9 Å². The summed E-state index contributed by atoms with van der Waals surface area (Å²) in [4.78, 5) is 11.0. The Morgan fingerprint density at radius 3 is 2.53 bits per heavy atom. The van der Waals surface area contributed by atoms with Gasteiger partial charge in [0.1, 0.15) is 5.75 Å². The van der Waals surface area contributed by atoms with Crippen molar-refractivity contribution in [3.05, 3.63) is 28.2 Å². The highest BCUT2D eigenvalue weighted by Gasteiger charge is 2.06. The number of hydrogen-bond acceptors (Lipinski definition) is 2. The third-order valence-corrected chi connectivity index (χ3v) is 3.75. The van der Waals surface area contributed by atoms with Crippen molar-refractivity contribution in [3.8, 4) is 5.75 Å². The second-order valence-corrected chi connectivity index (χ2v) is 5.73. The fourth-order valence-corrected chi connectivity index (χ4v) is 2.42. The molecule has 1 aromatic carbocycles. The van der Waals surface area contributed by atoms with Crippen molar-refractivity contribution in [2.45, 2.75) is 45.4 Å². The molecule has 19 heavy (non-hydrogen) atoms. The first-order valence-electron chi connectivity index (χ1n) is 6.77. The van der Waals surface area contributed by atoms with Gasteiger partial charge >= 0.3 is 0 Å². The predicted molar refractivity (Wildman–Crippen MR) is 83.2 cm³/mol. The quantitative estimate of drug-likeness (QED) is 0.431. The Labute approximate surface area is 128 Å². The van der Waals surface area contributed by atoms with Crippen LogP contribution in [-0.4, -0.2) is 11.8 Å². The van der Waals surface area contributed by atoms with Crippen LogP contribution >= 0.6 is 27.5 Å². The Balaban J connectivity index is 2.28. The van der Waals surface area contributed by atoms with Crippen molar-refractivity contribution in [1.29, 1.82) is 0 Å². The van der Waals surface area contributed by atoms with Gasteiger partial charge in [-0.2, -0.15) is 0 Å². The number of hydrogen-bond donors (Lipinski definition) is 0. The number of halogens is 2. The summed E-state index contributed by atoms with van der Waals surface area (Å²) in [6.07, 6.45) is 7.45. The van der Waals surface area contributed by atoms with Gasteiger partial charge in [-0.05, 0) is 52.2 Å². The topological polar surface area (TPSA) is 26.3 Å². The third-order valence-electron chi connectivity index (χ3n) is 2.91. The van der Waals surface area contributed by atoms with Gasteiger partial charge in [-0.1, -0.05) is 39.0 Å². The molecule has 2 nitrogen and oxygen atoms in total. The molecule has 0 N–H and O–H groups in total. The SMILES string of the molecule is CCCCCCCCOc1ccc(C(=O)Cl)cc1Br. The average molecular weight is 348 g/mol. The van der Waals surface area contributed by atoms with E-state index in [1.165, 1.54) is 32.1 Å². The first-order chi connectivity index (χ1) is 9.15. The predicted octanol–water partition coefficient (Wildman–Crippen LogP) is 5.57. The van der Waals surface area contributed by atoms with Crippen molar-refractivity contribution in [1.82, 2.24) is 0 Å². The fraction of sp³-hybridized carbons (Fsp3) is 0.533. The minimum Gasteiger partial charge on any atom is -0.492 e. The van der Waals surface area contributed by atoms with Crippen LogP contribution in [0.5, 0.6) is 5.75 Å². The normalized spacial score (nSPS) is 10.5. The van der Waals surface area contributed by atoms with E-state index in [-0.39, 0.29) is 0 Å². The first-order valence-corrected chi connectivity index (χ1v) is 7.94. The molecule has 0 spiro atoms. The lowest BCUT2D eigenvalue weighted by atomic mass is 10.1. The van der Waals surface area contributed by atoms with E-state index in [9.17, 15) is 4.79 Å². The van der Waals surface area contributed by atoms with Crippen molar-refractivity contribution in [2.24, 2.45) is 0 Å². The van der Waals surface area contributed by atoms with Gasteiger partial charge in [0.05, 0.1) is 11.1 Å². The second kappa shape index (κ2) is 9.38. The van der Waals surface area contributed by atoms with Crippen LogP contribution in [0.2, 0.25) is 0 Å². The molecule has 0 saturated carbocycles. The van der Waals surface area contributed by atoms with Crippen LogP contribution in [0.4, 0.5) is 0 Å². The summed E-state index contributed by atoms with van der Waals surface area (Å²) in [6, 6.07) is 5.14. The molecule has 0 aliphatic carbocycles. The number of benzene rings is 1. The van der Waals surface area contributed by atoms with Crippen LogP contribution in [0.3, 0.4) is 0 Å². The molecule has 0 saturated heterocycles. The molecule has 0 fully saturated rings. The number of ether oxygens (including phenoxy) is 1. The van der Waals surface area contributed by atoms with E-state index in [0.29, 0.717) is 12.2 Å². The molecule has 0 aromatic heterocycles. The largest absolute Gasteiger partial charge is 0.492 e. The van der Waals surface area contributed by atoms with Crippen molar-refractivity contribution in [2.75, 3.05) is 6.61 Å². The summed E-state index contributed by atoms with van der Waals surface area (Å²) < 4.78 is 6.45. The average Bonchev–Trinajstić information content (AvgIpc) is 2.39. The van der Waals surface area contributed by atoms with Gasteiger partial charge in [0.25, 0.3) is 5.24 Å². The lowest BCUT2D eigenvalue weighted by Gasteiger charge is -2.08. The van der Waals surface area contributed by atoms with Gasteiger partial charge in [0, 0.05) is 5.56 Å². The summed E-state index contributed by atoms with van der Waals surface area (Å²) >= 11 is 8.80. The Morgan fingerprint density at radius 2 is 1.89 bits per heavy atom. The second-order valence-electron chi connectivity index (χ2n) is 4.54. The highest BCUT2D eigenvalue weighted by molar-refractivity contribution is 9.10. The van der Waals surface area contributed by atoms with E-state index < -0.39 is 5.24 Å². The van der Waals surface area contributed by atoms with Crippen LogP contribution in [0.25, 0.3) is 0 Å². The molecule has 0 aliphatic rings. The monoisotopic (exact) mass is 346 g/mol. The van der Waals surface area contributed by atoms with Crippen LogP contribution in [0.1, 0.15) is 55.8 Å². The van der Waals surface area contributed by atoms with E-state index in [1.807, 2.05) is 0 Å². The summed E-state index contributed by atoms with van der Waals surface area (Å²) in [5.74, 6) is 0.759. The summed E-state index contributed by atoms with van der Waals surface area (Å²) in [5, 5.41) is -0.455. The van der Waals surface area contributed by atoms with Crippen molar-refractivity contribution >= 4 is 32.8 Å². The van der Waals surface area contributed by atoms with Crippen LogP contribution in [0.15, 0.2) is 22.7 Å². The zero-order valence-corrected chi connectivity index (χ0v) is 13.6. The Kier molecular flexibility index (Phi) is 8.15. The minimum absolute atomic E-state index is 0.455. The smallest absolute Gasteiger partial charge is 0.252 e. The van der Waals surface area contributed by atoms with Gasteiger partial charge in [-0.15, -0.1) is 0 Å². The lowest BCUT2D eigenvalue weighted by molar-refractivity contribution is 0.108. The fourth-order valence-electron chi connectivity index (χ4n) is 1.80. The van der Waals surface area contributed by atoms with Crippen LogP contribution in [-0.2, 0) is 0 Å². The van der Waals surface area contributed by atoms with Crippen molar-refractivity contribution < 1.29 is 9.53 Å². The molecule has 0 atom stereocenters. The molecule has 0 radical (unpaired) electrons. The molecule has 1 rings (SSSR count). The van der Waals surface area contributed by atoms with E-state index in [1.54, 1.807) is 18.2 Å². The van der Waals surface area contributed by atoms with E-state index in [4.69, 9.17) is 16.3 Å². The van der Waals surface area contributed by atoms with Gasteiger partial charge in [-0.3, -0.25) is 4.79 Å². The van der Waals surface area contributed by atoms with E-state index >= 15 is 0 Å². The number of carbonyl (C=O) groups is 1. The number of rotatable bonds is 9. The Hall–Kier alpha value is -0.540. The molecular formula is C15H20BrClO2. The molecule has 0 bridgehead atoms. The summed E-state index contributed by atoms with van der Waals surface area (Å²) in [6.45, 7) is 2.93. The zero-order valence-electron chi connectivity index (χ0n) is 11.3. The van der Waals surface area contributed by atoms with Gasteiger partial charge < -0.3 is 4.74 Å². The van der Waals surface area contributed by atoms with Crippen molar-refractivity contribution in [3.63, 3.8) is 0 Å². The van der Waals surface area contributed by atoms with E-state index in [0.717, 1.165) is 16.6 Å². The van der Waals surface area contributed by atoms with Gasteiger partial charge in [0.15, 0.2) is 0 Å². The number of unbranched alkanes of at least 4 members (excludes halogenated alkanes) is 5. The molecule has 0 amide bonds. The highest BCUT2D eigenvalue weighted by atomic mass is 79.9. The van der Waals surface area contributed by atoms with Crippen LogP contribution < -0.4 is 4.74 Å². The Morgan fingerprint density at radius 1 is 1.21 bits per heavy atom. The van der Waals surface area contributed by atoms with Gasteiger partial charge in [0.2, 0.25) is 0 Å². The lowest BCUT2D eigenvalue weighted by Crippen LogP contribution is -1.99. The van der Waals surface area contributed by atoms with Crippen LogP contribution in [0, 0.1) is 0 Å². The molecule has 1 aromatic rings. The molecule has 0 heterocycles. The first kappa shape index (κ1) is 16.5. The maximum atomic E-state index is 11.0. The Bertz CT molecular complexity index is 407. The number of carbonyl (C=O) groups excluding carboxylic acids is 1. The highest BCUT2D eigenvalue weighted by Crippen LogP contribution is 2.26. The molecular weight excluding hydrogens is 328 g/mol. The summed E-state index contributed by atoms with van der Waals surface area (Å²) in [5.41, 5.74) is 0.473.